The second-order valence-electron chi connectivity index (χ2n) is 5.18. The molecule has 1 heterocycles. The van der Waals surface area contributed by atoms with Crippen LogP contribution in [0, 0.1) is 5.92 Å². The number of benzene rings is 1. The smallest absolute Gasteiger partial charge is 0.305 e. The quantitative estimate of drug-likeness (QED) is 0.826. The van der Waals surface area contributed by atoms with E-state index in [0.29, 0.717) is 11.7 Å². The summed E-state index contributed by atoms with van der Waals surface area (Å²) in [5.41, 5.74) is 0.911. The number of tetrazole rings is 1. The normalized spacial score (nSPS) is 15.9. The molecule has 0 radical (unpaired) electrons. The number of aromatic nitrogens is 4. The van der Waals surface area contributed by atoms with E-state index < -0.39 is 5.97 Å². The molecular formula is C14H16N4O2S. The SMILES string of the molecule is CSc1ccc(-c2nnnn2C(CC(=O)O)C2CC2)cc1. The third-order valence-corrected chi connectivity index (χ3v) is 4.45. The molecule has 110 valence electrons. The molecule has 0 aliphatic heterocycles. The Morgan fingerprint density at radius 3 is 2.71 bits per heavy atom. The van der Waals surface area contributed by atoms with Crippen LogP contribution in [0.25, 0.3) is 11.4 Å². The topological polar surface area (TPSA) is 80.9 Å². The molecule has 1 aromatic carbocycles. The minimum atomic E-state index is -0.814. The molecule has 0 spiro atoms. The van der Waals surface area contributed by atoms with Crippen LogP contribution in [-0.2, 0) is 4.79 Å². The number of rotatable bonds is 6. The fraction of sp³-hybridized carbons (Fsp3) is 0.429. The van der Waals surface area contributed by atoms with Crippen LogP contribution in [0.15, 0.2) is 29.2 Å². The van der Waals surface area contributed by atoms with Gasteiger partial charge in [-0.2, -0.15) is 0 Å². The number of hydrogen-bond acceptors (Lipinski definition) is 5. The minimum Gasteiger partial charge on any atom is -0.481 e. The summed E-state index contributed by atoms with van der Waals surface area (Å²) in [7, 11) is 0. The van der Waals surface area contributed by atoms with Crippen molar-refractivity contribution in [1.82, 2.24) is 20.2 Å². The summed E-state index contributed by atoms with van der Waals surface area (Å²) < 4.78 is 1.68. The van der Waals surface area contributed by atoms with E-state index in [-0.39, 0.29) is 12.5 Å². The molecule has 6 nitrogen and oxygen atoms in total. The standard InChI is InChI=1S/C14H16N4O2S/c1-21-11-6-4-10(5-7-11)14-15-16-17-18(14)12(8-13(19)20)9-2-3-9/h4-7,9,12H,2-3,8H2,1H3,(H,19,20). The monoisotopic (exact) mass is 304 g/mol. The Bertz CT molecular complexity index is 637. The largest absolute Gasteiger partial charge is 0.481 e. The molecule has 2 aromatic rings. The Morgan fingerprint density at radius 2 is 2.14 bits per heavy atom. The molecule has 3 rings (SSSR count). The lowest BCUT2D eigenvalue weighted by atomic mass is 10.1. The summed E-state index contributed by atoms with van der Waals surface area (Å²) in [5.74, 6) is 0.195. The molecule has 7 heteroatoms. The van der Waals surface area contributed by atoms with Crippen LogP contribution in [0.4, 0.5) is 0 Å². The summed E-state index contributed by atoms with van der Waals surface area (Å²) >= 11 is 1.67. The van der Waals surface area contributed by atoms with Gasteiger partial charge >= 0.3 is 5.97 Å². The zero-order chi connectivity index (χ0) is 14.8. The lowest BCUT2D eigenvalue weighted by Gasteiger charge is -2.15. The predicted molar refractivity (Wildman–Crippen MR) is 79.0 cm³/mol. The molecule has 0 amide bonds. The van der Waals surface area contributed by atoms with E-state index in [9.17, 15) is 4.79 Å². The Morgan fingerprint density at radius 1 is 1.43 bits per heavy atom. The Balaban J connectivity index is 1.92. The maximum atomic E-state index is 11.1. The summed E-state index contributed by atoms with van der Waals surface area (Å²) in [6.45, 7) is 0. The van der Waals surface area contributed by atoms with Gasteiger partial charge in [-0.3, -0.25) is 4.79 Å². The molecule has 1 atom stereocenters. The fourth-order valence-electron chi connectivity index (χ4n) is 2.46. The van der Waals surface area contributed by atoms with Crippen LogP contribution < -0.4 is 0 Å². The van der Waals surface area contributed by atoms with Gasteiger partial charge in [-0.05, 0) is 47.6 Å². The van der Waals surface area contributed by atoms with Gasteiger partial charge in [0.25, 0.3) is 0 Å². The average Bonchev–Trinajstić information content (AvgIpc) is 3.21. The number of carboxylic acid groups (broad SMARTS) is 1. The van der Waals surface area contributed by atoms with Gasteiger partial charge in [0, 0.05) is 10.5 Å². The van der Waals surface area contributed by atoms with Crippen molar-refractivity contribution in [3.63, 3.8) is 0 Å². The third kappa shape index (κ3) is 3.07. The van der Waals surface area contributed by atoms with Crippen LogP contribution in [0.1, 0.15) is 25.3 Å². The van der Waals surface area contributed by atoms with Crippen LogP contribution in [0.5, 0.6) is 0 Å². The molecule has 1 aliphatic rings. The second kappa shape index (κ2) is 5.85. The first kappa shape index (κ1) is 14.1. The van der Waals surface area contributed by atoms with Crippen LogP contribution in [-0.4, -0.2) is 37.5 Å². The van der Waals surface area contributed by atoms with Crippen molar-refractivity contribution < 1.29 is 9.90 Å². The lowest BCUT2D eigenvalue weighted by Crippen LogP contribution is -2.18. The number of thioether (sulfide) groups is 1. The number of carbonyl (C=O) groups is 1. The Labute approximate surface area is 126 Å². The van der Waals surface area contributed by atoms with Crippen molar-refractivity contribution in [2.45, 2.75) is 30.2 Å². The zero-order valence-electron chi connectivity index (χ0n) is 11.6. The third-order valence-electron chi connectivity index (χ3n) is 3.71. The maximum Gasteiger partial charge on any atom is 0.305 e. The van der Waals surface area contributed by atoms with Gasteiger partial charge in [0.1, 0.15) is 0 Å². The van der Waals surface area contributed by atoms with E-state index in [1.165, 1.54) is 4.90 Å². The maximum absolute atomic E-state index is 11.1. The van der Waals surface area contributed by atoms with Crippen molar-refractivity contribution in [2.75, 3.05) is 6.26 Å². The van der Waals surface area contributed by atoms with Crippen molar-refractivity contribution in [3.05, 3.63) is 24.3 Å². The van der Waals surface area contributed by atoms with E-state index in [4.69, 9.17) is 5.11 Å². The number of carboxylic acids is 1. The van der Waals surface area contributed by atoms with E-state index in [0.717, 1.165) is 18.4 Å². The number of aliphatic carboxylic acids is 1. The molecule has 1 saturated carbocycles. The van der Waals surface area contributed by atoms with Gasteiger partial charge in [0.2, 0.25) is 0 Å². The highest BCUT2D eigenvalue weighted by molar-refractivity contribution is 7.98. The van der Waals surface area contributed by atoms with Gasteiger partial charge < -0.3 is 5.11 Å². The van der Waals surface area contributed by atoms with E-state index >= 15 is 0 Å². The van der Waals surface area contributed by atoms with Crippen molar-refractivity contribution in [3.8, 4) is 11.4 Å². The highest BCUT2D eigenvalue weighted by Crippen LogP contribution is 2.42. The van der Waals surface area contributed by atoms with Crippen LogP contribution >= 0.6 is 11.8 Å². The van der Waals surface area contributed by atoms with Gasteiger partial charge in [-0.15, -0.1) is 16.9 Å². The molecule has 0 saturated heterocycles. The van der Waals surface area contributed by atoms with Crippen LogP contribution in [0.2, 0.25) is 0 Å². The number of hydrogen-bond donors (Lipinski definition) is 1. The van der Waals surface area contributed by atoms with E-state index in [1.54, 1.807) is 16.4 Å². The minimum absolute atomic E-state index is 0.0611. The molecule has 0 bridgehead atoms. The molecule has 1 aliphatic carbocycles. The van der Waals surface area contributed by atoms with Crippen molar-refractivity contribution in [1.29, 1.82) is 0 Å². The molecule has 1 N–H and O–H groups in total. The van der Waals surface area contributed by atoms with Gasteiger partial charge in [0.15, 0.2) is 5.82 Å². The van der Waals surface area contributed by atoms with Crippen molar-refractivity contribution >= 4 is 17.7 Å². The summed E-state index contributed by atoms with van der Waals surface area (Å²) in [4.78, 5) is 12.3. The Hall–Kier alpha value is -1.89. The summed E-state index contributed by atoms with van der Waals surface area (Å²) in [5, 5.41) is 21.0. The Kier molecular flexibility index (Phi) is 3.92. The average molecular weight is 304 g/mol. The lowest BCUT2D eigenvalue weighted by molar-refractivity contribution is -0.138. The molecule has 1 unspecified atom stereocenters. The second-order valence-corrected chi connectivity index (χ2v) is 6.06. The van der Waals surface area contributed by atoms with Crippen LogP contribution in [0.3, 0.4) is 0 Å². The first-order chi connectivity index (χ1) is 10.2. The van der Waals surface area contributed by atoms with Crippen molar-refractivity contribution in [2.24, 2.45) is 5.92 Å². The fourth-order valence-corrected chi connectivity index (χ4v) is 2.87. The summed E-state index contributed by atoms with van der Waals surface area (Å²) in [6.07, 6.45) is 4.17. The van der Waals surface area contributed by atoms with Gasteiger partial charge in [-0.25, -0.2) is 4.68 Å². The molecule has 1 aromatic heterocycles. The predicted octanol–water partition coefficient (Wildman–Crippen LogP) is 2.49. The molecule has 21 heavy (non-hydrogen) atoms. The molecule has 1 fully saturated rings. The number of nitrogens with zero attached hydrogens (tertiary/aromatic N) is 4. The van der Waals surface area contributed by atoms with E-state index in [1.807, 2.05) is 30.5 Å². The zero-order valence-corrected chi connectivity index (χ0v) is 12.5. The highest BCUT2D eigenvalue weighted by atomic mass is 32.2. The first-order valence-electron chi connectivity index (χ1n) is 6.83. The summed E-state index contributed by atoms with van der Waals surface area (Å²) in [6, 6.07) is 7.81. The van der Waals surface area contributed by atoms with Gasteiger partial charge in [0.05, 0.1) is 12.5 Å². The van der Waals surface area contributed by atoms with E-state index in [2.05, 4.69) is 15.5 Å². The molecular weight excluding hydrogens is 288 g/mol. The van der Waals surface area contributed by atoms with Gasteiger partial charge in [-0.1, -0.05) is 12.1 Å². The first-order valence-corrected chi connectivity index (χ1v) is 8.05. The highest BCUT2D eigenvalue weighted by Gasteiger charge is 2.36.